The molecule has 0 bridgehead atoms. The monoisotopic (exact) mass is 195 g/mol. The summed E-state index contributed by atoms with van der Waals surface area (Å²) < 4.78 is 0. The van der Waals surface area contributed by atoms with Crippen molar-refractivity contribution in [1.82, 2.24) is 5.32 Å². The molecule has 72 valence electrons. The molecule has 0 radical (unpaired) electrons. The molecule has 0 aromatic carbocycles. The highest BCUT2D eigenvalue weighted by atomic mass is 32.1. The van der Waals surface area contributed by atoms with Crippen LogP contribution in [0.2, 0.25) is 0 Å². The quantitative estimate of drug-likeness (QED) is 0.726. The molecule has 0 amide bonds. The molecular formula is C11H17NS. The Labute approximate surface area is 84.2 Å². The van der Waals surface area contributed by atoms with Crippen LogP contribution >= 0.6 is 11.3 Å². The predicted octanol–water partition coefficient (Wildman–Crippen LogP) is 3.15. The average Bonchev–Trinajstić information content (AvgIpc) is 2.53. The van der Waals surface area contributed by atoms with Crippen LogP contribution in [0.15, 0.2) is 11.4 Å². The Balaban J connectivity index is 2.35. The molecule has 1 N–H and O–H groups in total. The van der Waals surface area contributed by atoms with E-state index in [1.54, 1.807) is 10.4 Å². The number of rotatable bonds is 1. The minimum absolute atomic E-state index is 0.581. The minimum Gasteiger partial charge on any atom is -0.309 e. The Morgan fingerprint density at radius 2 is 2.31 bits per heavy atom. The van der Waals surface area contributed by atoms with E-state index in [9.17, 15) is 0 Å². The number of hydrogen-bond donors (Lipinski definition) is 1. The Morgan fingerprint density at radius 3 is 3.00 bits per heavy atom. The molecule has 2 unspecified atom stereocenters. The summed E-state index contributed by atoms with van der Waals surface area (Å²) in [4.78, 5) is 1.59. The fourth-order valence-electron chi connectivity index (χ4n) is 2.09. The first-order valence-electron chi connectivity index (χ1n) is 5.01. The molecular weight excluding hydrogens is 178 g/mol. The average molecular weight is 195 g/mol. The lowest BCUT2D eigenvalue weighted by atomic mass is 9.89. The highest BCUT2D eigenvalue weighted by molar-refractivity contribution is 7.10. The van der Waals surface area contributed by atoms with Crippen LogP contribution in [0.25, 0.3) is 0 Å². The summed E-state index contributed by atoms with van der Waals surface area (Å²) in [5.74, 6) is 1.39. The number of thiophene rings is 1. The van der Waals surface area contributed by atoms with Crippen LogP contribution in [0.4, 0.5) is 0 Å². The van der Waals surface area contributed by atoms with Gasteiger partial charge in [0.2, 0.25) is 0 Å². The molecule has 2 rings (SSSR count). The van der Waals surface area contributed by atoms with Gasteiger partial charge < -0.3 is 5.32 Å². The van der Waals surface area contributed by atoms with Gasteiger partial charge in [-0.05, 0) is 22.9 Å². The molecule has 1 aliphatic heterocycles. The smallest absolute Gasteiger partial charge is 0.0354 e. The first kappa shape index (κ1) is 9.22. The summed E-state index contributed by atoms with van der Waals surface area (Å²) >= 11 is 1.91. The molecule has 0 spiro atoms. The maximum absolute atomic E-state index is 3.62. The fourth-order valence-corrected chi connectivity index (χ4v) is 3.10. The molecule has 1 aliphatic rings. The zero-order chi connectivity index (χ0) is 9.42. The summed E-state index contributed by atoms with van der Waals surface area (Å²) in [6, 6.07) is 2.87. The van der Waals surface area contributed by atoms with Gasteiger partial charge in [-0.2, -0.15) is 0 Å². The van der Waals surface area contributed by atoms with Gasteiger partial charge in [-0.15, -0.1) is 11.3 Å². The van der Waals surface area contributed by atoms with Gasteiger partial charge in [0, 0.05) is 23.4 Å². The Kier molecular flexibility index (Phi) is 2.43. The lowest BCUT2D eigenvalue weighted by Crippen LogP contribution is -2.33. The molecule has 2 heteroatoms. The predicted molar refractivity (Wildman–Crippen MR) is 58.3 cm³/mol. The van der Waals surface area contributed by atoms with Crippen molar-refractivity contribution in [2.45, 2.75) is 32.7 Å². The Hall–Kier alpha value is -0.340. The van der Waals surface area contributed by atoms with E-state index < -0.39 is 0 Å². The van der Waals surface area contributed by atoms with Crippen LogP contribution < -0.4 is 5.32 Å². The third kappa shape index (κ3) is 1.53. The largest absolute Gasteiger partial charge is 0.309 e. The molecule has 0 saturated heterocycles. The molecule has 1 nitrogen and oxygen atoms in total. The van der Waals surface area contributed by atoms with E-state index in [4.69, 9.17) is 0 Å². The van der Waals surface area contributed by atoms with Gasteiger partial charge in [0.15, 0.2) is 0 Å². The van der Waals surface area contributed by atoms with Crippen molar-refractivity contribution in [2.75, 3.05) is 6.54 Å². The van der Waals surface area contributed by atoms with Gasteiger partial charge >= 0.3 is 0 Å². The van der Waals surface area contributed by atoms with Crippen LogP contribution in [0, 0.1) is 5.92 Å². The van der Waals surface area contributed by atoms with Crippen LogP contribution in [0.5, 0.6) is 0 Å². The summed E-state index contributed by atoms with van der Waals surface area (Å²) in [6.45, 7) is 8.01. The SMILES string of the molecule is CC1CNC(C(C)C)c2ccsc21. The third-order valence-electron chi connectivity index (χ3n) is 2.82. The van der Waals surface area contributed by atoms with E-state index in [0.29, 0.717) is 17.9 Å². The van der Waals surface area contributed by atoms with E-state index in [-0.39, 0.29) is 0 Å². The fraction of sp³-hybridized carbons (Fsp3) is 0.636. The van der Waals surface area contributed by atoms with Crippen molar-refractivity contribution in [2.24, 2.45) is 5.92 Å². The third-order valence-corrected chi connectivity index (χ3v) is 3.98. The van der Waals surface area contributed by atoms with Crippen LogP contribution in [-0.4, -0.2) is 6.54 Å². The first-order valence-corrected chi connectivity index (χ1v) is 5.88. The van der Waals surface area contributed by atoms with Gasteiger partial charge in [0.25, 0.3) is 0 Å². The Bertz CT molecular complexity index is 290. The van der Waals surface area contributed by atoms with Crippen molar-refractivity contribution >= 4 is 11.3 Å². The van der Waals surface area contributed by atoms with Crippen molar-refractivity contribution < 1.29 is 0 Å². The second-order valence-corrected chi connectivity index (χ2v) is 5.22. The van der Waals surface area contributed by atoms with E-state index in [1.807, 2.05) is 11.3 Å². The molecule has 0 fully saturated rings. The molecule has 1 aromatic rings. The summed E-state index contributed by atoms with van der Waals surface area (Å²) in [7, 11) is 0. The normalized spacial score (nSPS) is 27.7. The maximum Gasteiger partial charge on any atom is 0.0354 e. The second-order valence-electron chi connectivity index (χ2n) is 4.27. The first-order chi connectivity index (χ1) is 6.20. The van der Waals surface area contributed by atoms with Crippen molar-refractivity contribution in [3.63, 3.8) is 0 Å². The summed E-state index contributed by atoms with van der Waals surface area (Å²) in [5, 5.41) is 5.84. The van der Waals surface area contributed by atoms with E-state index in [1.165, 1.54) is 0 Å². The molecule has 2 heterocycles. The van der Waals surface area contributed by atoms with E-state index in [0.717, 1.165) is 6.54 Å². The topological polar surface area (TPSA) is 12.0 Å². The number of fused-ring (bicyclic) bond motifs is 1. The van der Waals surface area contributed by atoms with Crippen LogP contribution in [0.1, 0.15) is 43.2 Å². The second kappa shape index (κ2) is 3.43. The zero-order valence-electron chi connectivity index (χ0n) is 8.50. The van der Waals surface area contributed by atoms with Gasteiger partial charge in [-0.1, -0.05) is 20.8 Å². The zero-order valence-corrected chi connectivity index (χ0v) is 9.32. The van der Waals surface area contributed by atoms with Crippen LogP contribution in [-0.2, 0) is 0 Å². The lowest BCUT2D eigenvalue weighted by Gasteiger charge is -2.30. The minimum atomic E-state index is 0.581. The summed E-state index contributed by atoms with van der Waals surface area (Å²) in [6.07, 6.45) is 0. The lowest BCUT2D eigenvalue weighted by molar-refractivity contribution is 0.380. The molecule has 1 aromatic heterocycles. The molecule has 0 aliphatic carbocycles. The van der Waals surface area contributed by atoms with E-state index in [2.05, 4.69) is 37.5 Å². The molecule has 0 saturated carbocycles. The number of nitrogens with one attached hydrogen (secondary N) is 1. The standard InChI is InChI=1S/C11H17NS/c1-7(2)10-9-4-5-13-11(9)8(3)6-12-10/h4-5,7-8,10,12H,6H2,1-3H3. The highest BCUT2D eigenvalue weighted by Gasteiger charge is 2.26. The van der Waals surface area contributed by atoms with Gasteiger partial charge in [-0.3, -0.25) is 0 Å². The van der Waals surface area contributed by atoms with Gasteiger partial charge in [0.1, 0.15) is 0 Å². The number of hydrogen-bond acceptors (Lipinski definition) is 2. The van der Waals surface area contributed by atoms with E-state index >= 15 is 0 Å². The summed E-state index contributed by atoms with van der Waals surface area (Å²) in [5.41, 5.74) is 1.54. The van der Waals surface area contributed by atoms with Crippen molar-refractivity contribution in [1.29, 1.82) is 0 Å². The maximum atomic E-state index is 3.62. The molecule has 13 heavy (non-hydrogen) atoms. The van der Waals surface area contributed by atoms with Crippen LogP contribution in [0.3, 0.4) is 0 Å². The highest BCUT2D eigenvalue weighted by Crippen LogP contribution is 2.36. The van der Waals surface area contributed by atoms with Gasteiger partial charge in [-0.25, -0.2) is 0 Å². The van der Waals surface area contributed by atoms with Crippen molar-refractivity contribution in [3.05, 3.63) is 21.9 Å². The Morgan fingerprint density at radius 1 is 1.54 bits per heavy atom. The van der Waals surface area contributed by atoms with Crippen molar-refractivity contribution in [3.8, 4) is 0 Å². The van der Waals surface area contributed by atoms with Gasteiger partial charge in [0.05, 0.1) is 0 Å². The molecule has 2 atom stereocenters.